The maximum atomic E-state index is 6.73. The largest absolute Gasteiger partial charge is 0.495 e. The van der Waals surface area contributed by atoms with E-state index in [0.717, 1.165) is 43.0 Å². The highest BCUT2D eigenvalue weighted by Crippen LogP contribution is 2.35. The summed E-state index contributed by atoms with van der Waals surface area (Å²) in [7, 11) is 3.75. The Hall–Kier alpha value is -2.74. The molecule has 31 heavy (non-hydrogen) atoms. The lowest BCUT2D eigenvalue weighted by Crippen LogP contribution is -2.45. The quantitative estimate of drug-likeness (QED) is 0.677. The van der Waals surface area contributed by atoms with Crippen LogP contribution in [0.4, 0.5) is 11.4 Å². The molecule has 0 radical (unpaired) electrons. The average molecular weight is 441 g/mol. The van der Waals surface area contributed by atoms with Crippen LogP contribution >= 0.6 is 11.6 Å². The molecule has 1 unspecified atom stereocenters. The molecule has 0 amide bonds. The van der Waals surface area contributed by atoms with Gasteiger partial charge in [0.15, 0.2) is 5.66 Å². The van der Waals surface area contributed by atoms with Crippen LogP contribution in [0.3, 0.4) is 0 Å². The number of methoxy groups -OCH3 is 1. The second-order valence-electron chi connectivity index (χ2n) is 8.01. The van der Waals surface area contributed by atoms with Crippen LogP contribution < -0.4 is 26.0 Å². The van der Waals surface area contributed by atoms with E-state index in [4.69, 9.17) is 27.1 Å². The van der Waals surface area contributed by atoms with Crippen LogP contribution in [0.1, 0.15) is 12.5 Å². The molecule has 0 saturated carbocycles. The number of hydrogen-bond acceptors (Lipinski definition) is 7. The summed E-state index contributed by atoms with van der Waals surface area (Å²) in [6.45, 7) is 6.20. The van der Waals surface area contributed by atoms with Crippen LogP contribution in [0.5, 0.6) is 5.75 Å². The monoisotopic (exact) mass is 440 g/mol. The van der Waals surface area contributed by atoms with E-state index >= 15 is 0 Å². The summed E-state index contributed by atoms with van der Waals surface area (Å²) in [5.74, 6) is 1.15. The summed E-state index contributed by atoms with van der Waals surface area (Å²) in [5.41, 5.74) is 9.56. The number of nitrogens with one attached hydrogen (secondary N) is 2. The van der Waals surface area contributed by atoms with E-state index in [1.165, 1.54) is 5.69 Å². The van der Waals surface area contributed by atoms with Gasteiger partial charge in [0, 0.05) is 49.3 Å². The summed E-state index contributed by atoms with van der Waals surface area (Å²) in [5, 5.41) is 7.06. The number of anilines is 2. The SMILES string of the molecule is COc1cc(C2(N)N=C(Nc3ccc(N4CCN(C)CC4)cc3)NC=C2C)ccc1Cl. The van der Waals surface area contributed by atoms with Crippen LogP contribution in [-0.4, -0.2) is 51.2 Å². The van der Waals surface area contributed by atoms with Crippen LogP contribution in [0, 0.1) is 0 Å². The maximum Gasteiger partial charge on any atom is 0.202 e. The third-order valence-electron chi connectivity index (χ3n) is 5.90. The Labute approximate surface area is 188 Å². The summed E-state index contributed by atoms with van der Waals surface area (Å²) in [4.78, 5) is 9.53. The van der Waals surface area contributed by atoms with Crippen LogP contribution in [0.15, 0.2) is 59.2 Å². The van der Waals surface area contributed by atoms with Gasteiger partial charge < -0.3 is 25.2 Å². The van der Waals surface area contributed by atoms with Crippen molar-refractivity contribution < 1.29 is 4.74 Å². The van der Waals surface area contributed by atoms with Gasteiger partial charge in [-0.2, -0.15) is 0 Å². The minimum absolute atomic E-state index is 0.535. The van der Waals surface area contributed by atoms with Gasteiger partial charge in [0.25, 0.3) is 0 Å². The van der Waals surface area contributed by atoms with E-state index in [9.17, 15) is 0 Å². The summed E-state index contributed by atoms with van der Waals surface area (Å²) < 4.78 is 5.35. The smallest absolute Gasteiger partial charge is 0.202 e. The molecule has 1 atom stereocenters. The average Bonchev–Trinajstić information content (AvgIpc) is 2.78. The minimum atomic E-state index is -1.02. The number of rotatable bonds is 4. The lowest BCUT2D eigenvalue weighted by molar-refractivity contribution is 0.313. The van der Waals surface area contributed by atoms with Crippen molar-refractivity contribution in [2.45, 2.75) is 12.6 Å². The van der Waals surface area contributed by atoms with Crippen molar-refractivity contribution >= 4 is 28.9 Å². The Balaban J connectivity index is 1.52. The summed E-state index contributed by atoms with van der Waals surface area (Å²) in [6.07, 6.45) is 1.87. The molecular formula is C23H29ClN6O. The molecule has 164 valence electrons. The predicted octanol–water partition coefficient (Wildman–Crippen LogP) is 3.19. The van der Waals surface area contributed by atoms with E-state index in [-0.39, 0.29) is 0 Å². The van der Waals surface area contributed by atoms with Crippen molar-refractivity contribution in [3.8, 4) is 5.75 Å². The Kier molecular flexibility index (Phi) is 6.09. The fraction of sp³-hybridized carbons (Fsp3) is 0.348. The number of ether oxygens (including phenoxy) is 1. The number of nitrogens with two attached hydrogens (primary N) is 1. The number of hydrogen-bond donors (Lipinski definition) is 3. The minimum Gasteiger partial charge on any atom is -0.495 e. The predicted molar refractivity (Wildman–Crippen MR) is 128 cm³/mol. The molecular weight excluding hydrogens is 412 g/mol. The molecule has 2 aliphatic heterocycles. The highest BCUT2D eigenvalue weighted by atomic mass is 35.5. The molecule has 2 aromatic rings. The Morgan fingerprint density at radius 3 is 2.52 bits per heavy atom. The molecule has 0 bridgehead atoms. The fourth-order valence-corrected chi connectivity index (χ4v) is 3.99. The summed E-state index contributed by atoms with van der Waals surface area (Å²) in [6, 6.07) is 13.9. The van der Waals surface area contributed by atoms with E-state index in [0.29, 0.717) is 16.7 Å². The van der Waals surface area contributed by atoms with Gasteiger partial charge in [-0.15, -0.1) is 0 Å². The van der Waals surface area contributed by atoms with Gasteiger partial charge >= 0.3 is 0 Å². The van der Waals surface area contributed by atoms with Crippen molar-refractivity contribution in [2.24, 2.45) is 10.7 Å². The first kappa shape index (κ1) is 21.5. The normalized spacial score (nSPS) is 21.8. The van der Waals surface area contributed by atoms with Crippen molar-refractivity contribution in [3.05, 3.63) is 64.8 Å². The standard InChI is InChI=1S/C23H29ClN6O/c1-16-15-26-22(28-23(16,25)17-4-9-20(24)21(14-17)31-3)27-18-5-7-19(8-6-18)30-12-10-29(2)11-13-30/h4-9,14-15H,10-13,25H2,1-3H3,(H2,26,27,28). The first-order valence-corrected chi connectivity index (χ1v) is 10.7. The fourth-order valence-electron chi connectivity index (χ4n) is 3.79. The molecule has 0 aromatic heterocycles. The molecule has 7 nitrogen and oxygen atoms in total. The molecule has 4 rings (SSSR count). The molecule has 2 aromatic carbocycles. The molecule has 0 aliphatic carbocycles. The molecule has 4 N–H and O–H groups in total. The number of benzene rings is 2. The number of aliphatic imine (C=N–C) groups is 1. The van der Waals surface area contributed by atoms with Gasteiger partial charge in [-0.3, -0.25) is 5.73 Å². The second-order valence-corrected chi connectivity index (χ2v) is 8.42. The van der Waals surface area contributed by atoms with Crippen molar-refractivity contribution in [2.75, 3.05) is 50.6 Å². The molecule has 1 fully saturated rings. The lowest BCUT2D eigenvalue weighted by atomic mass is 9.93. The third-order valence-corrected chi connectivity index (χ3v) is 6.22. The van der Waals surface area contributed by atoms with Crippen LogP contribution in [-0.2, 0) is 5.66 Å². The zero-order chi connectivity index (χ0) is 22.0. The van der Waals surface area contributed by atoms with Crippen molar-refractivity contribution in [1.29, 1.82) is 0 Å². The third kappa shape index (κ3) is 4.49. The first-order chi connectivity index (χ1) is 14.9. The number of piperazine rings is 1. The van der Waals surface area contributed by atoms with E-state index in [1.807, 2.05) is 25.3 Å². The molecule has 1 saturated heterocycles. The lowest BCUT2D eigenvalue weighted by Gasteiger charge is -2.34. The van der Waals surface area contributed by atoms with Gasteiger partial charge in [-0.05, 0) is 55.9 Å². The van der Waals surface area contributed by atoms with E-state index in [1.54, 1.807) is 13.2 Å². The van der Waals surface area contributed by atoms with Gasteiger partial charge in [-0.25, -0.2) is 4.99 Å². The topological polar surface area (TPSA) is 78.2 Å². The highest BCUT2D eigenvalue weighted by Gasteiger charge is 2.33. The highest BCUT2D eigenvalue weighted by molar-refractivity contribution is 6.32. The van der Waals surface area contributed by atoms with Crippen LogP contribution in [0.2, 0.25) is 5.02 Å². The Morgan fingerprint density at radius 2 is 1.84 bits per heavy atom. The number of halogens is 1. The van der Waals surface area contributed by atoms with Crippen molar-refractivity contribution in [1.82, 2.24) is 10.2 Å². The Morgan fingerprint density at radius 1 is 1.13 bits per heavy atom. The van der Waals surface area contributed by atoms with Gasteiger partial charge in [-0.1, -0.05) is 17.7 Å². The van der Waals surface area contributed by atoms with E-state index < -0.39 is 5.66 Å². The first-order valence-electron chi connectivity index (χ1n) is 10.4. The summed E-state index contributed by atoms with van der Waals surface area (Å²) >= 11 is 6.18. The molecule has 8 heteroatoms. The van der Waals surface area contributed by atoms with Crippen LogP contribution in [0.25, 0.3) is 0 Å². The van der Waals surface area contributed by atoms with Gasteiger partial charge in [0.2, 0.25) is 5.96 Å². The maximum absolute atomic E-state index is 6.73. The molecule has 2 heterocycles. The number of nitrogens with zero attached hydrogens (tertiary/aromatic N) is 3. The molecule has 0 spiro atoms. The zero-order valence-electron chi connectivity index (χ0n) is 18.2. The van der Waals surface area contributed by atoms with Gasteiger partial charge in [0.1, 0.15) is 5.75 Å². The molecule has 2 aliphatic rings. The number of guanidine groups is 1. The number of likely N-dealkylation sites (N-methyl/N-ethyl adjacent to an activating group) is 1. The zero-order valence-corrected chi connectivity index (χ0v) is 18.9. The van der Waals surface area contributed by atoms with Crippen molar-refractivity contribution in [3.63, 3.8) is 0 Å². The second kappa shape index (κ2) is 8.78. The van der Waals surface area contributed by atoms with E-state index in [2.05, 4.69) is 51.7 Å². The Bertz CT molecular complexity index is 998. The van der Waals surface area contributed by atoms with Gasteiger partial charge in [0.05, 0.1) is 12.1 Å².